The van der Waals surface area contributed by atoms with Gasteiger partial charge < -0.3 is 0 Å². The summed E-state index contributed by atoms with van der Waals surface area (Å²) in [4.78, 5) is 0. The van der Waals surface area contributed by atoms with Crippen LogP contribution in [0.1, 0.15) is 0 Å². The molecule has 0 spiro atoms. The van der Waals surface area contributed by atoms with Gasteiger partial charge in [-0.05, 0) is 0 Å². The molecular weight excluding hydrogens is 163 g/mol. The van der Waals surface area contributed by atoms with Gasteiger partial charge in [0.1, 0.15) is 0 Å². The van der Waals surface area contributed by atoms with Crippen LogP contribution in [0.3, 0.4) is 0 Å². The van der Waals surface area contributed by atoms with Crippen LogP contribution in [0.15, 0.2) is 0 Å². The van der Waals surface area contributed by atoms with E-state index in [2.05, 4.69) is 0 Å². The molecule has 0 amide bonds. The second-order valence-corrected chi connectivity index (χ2v) is 3.68. The maximum absolute atomic E-state index is 5.77. The van der Waals surface area contributed by atoms with Crippen LogP contribution in [0, 0.1) is 0 Å². The predicted octanol–water partition coefficient (Wildman–Crippen LogP) is -5.12. The molecule has 0 aromatic rings. The standard InChI is InChI=1S/CB14/c2-11(3)1(12(4)5,13(6)7)14(8)15(9)10. The van der Waals surface area contributed by atoms with Crippen molar-refractivity contribution in [1.82, 2.24) is 0 Å². The highest BCUT2D eigenvalue weighted by Crippen LogP contribution is 2.32. The summed E-state index contributed by atoms with van der Waals surface area (Å²) in [6.45, 7) is -3.98. The molecule has 14 heteroatoms. The molecule has 0 nitrogen and oxygen atoms in total. The Morgan fingerprint density at radius 1 is 0.533 bits per heavy atom. The summed E-state index contributed by atoms with van der Waals surface area (Å²) in [6, 6.07) is 0. The van der Waals surface area contributed by atoms with Gasteiger partial charge in [-0.2, -0.15) is 5.01 Å². The average molecular weight is 163 g/mol. The Hall–Kier alpha value is 0.909. The summed E-state index contributed by atoms with van der Waals surface area (Å²) in [5.41, 5.74) is 0. The summed E-state index contributed by atoms with van der Waals surface area (Å²) >= 11 is 0. The normalized spacial score (nSPS) is 10.4. The topological polar surface area (TPSA) is 0 Å². The van der Waals surface area contributed by atoms with Crippen LogP contribution in [0.2, 0.25) is 5.01 Å². The Kier molecular flexibility index (Phi) is 6.37. The molecule has 0 aliphatic carbocycles. The van der Waals surface area contributed by atoms with Crippen molar-refractivity contribution in [2.75, 3.05) is 0 Å². The fourth-order valence-corrected chi connectivity index (χ4v) is 1.67. The van der Waals surface area contributed by atoms with E-state index in [1.54, 1.807) is 0 Å². The van der Waals surface area contributed by atoms with E-state index in [4.69, 9.17) is 69.6 Å². The first kappa shape index (κ1) is 15.9. The van der Waals surface area contributed by atoms with Crippen molar-refractivity contribution in [2.24, 2.45) is 0 Å². The van der Waals surface area contributed by atoms with E-state index in [0.29, 0.717) is 0 Å². The van der Waals surface area contributed by atoms with Gasteiger partial charge in [0.05, 0.1) is 0 Å². The Labute approximate surface area is 107 Å². The van der Waals surface area contributed by atoms with Crippen LogP contribution in [0.4, 0.5) is 0 Å². The van der Waals surface area contributed by atoms with Crippen molar-refractivity contribution in [3.8, 4) is 0 Å². The number of hydrogen-bond acceptors (Lipinski definition) is 0. The number of rotatable bonds is 5. The molecule has 0 bridgehead atoms. The third-order valence-electron chi connectivity index (χ3n) is 2.72. The highest BCUT2D eigenvalue weighted by molar-refractivity contribution is 7.76. The SMILES string of the molecule is [B]B([B])B([B])C(B([B])[B])(B([B])[B])B([B])[B]. The highest BCUT2D eigenvalue weighted by Gasteiger charge is 2.45. The van der Waals surface area contributed by atoms with Gasteiger partial charge in [0.15, 0.2) is 0 Å². The summed E-state index contributed by atoms with van der Waals surface area (Å²) in [7, 11) is 50.2. The summed E-state index contributed by atoms with van der Waals surface area (Å²) in [5, 5.41) is -1.33. The van der Waals surface area contributed by atoms with E-state index in [9.17, 15) is 0 Å². The summed E-state index contributed by atoms with van der Waals surface area (Å²) in [5.74, 6) is 0. The highest BCUT2D eigenvalue weighted by atomic mass is 13.8. The molecule has 15 heavy (non-hydrogen) atoms. The lowest BCUT2D eigenvalue weighted by molar-refractivity contribution is 1.60. The van der Waals surface area contributed by atoms with E-state index < -0.39 is 37.4 Å². The Balaban J connectivity index is 5.32. The lowest BCUT2D eigenvalue weighted by Gasteiger charge is -2.52. The lowest BCUT2D eigenvalue weighted by Crippen LogP contribution is -2.69. The van der Waals surface area contributed by atoms with Crippen molar-refractivity contribution in [3.63, 3.8) is 0 Å². The molecule has 46 valence electrons. The van der Waals surface area contributed by atoms with Gasteiger partial charge in [-0.15, -0.1) is 0 Å². The van der Waals surface area contributed by atoms with Gasteiger partial charge in [-0.3, -0.25) is 0 Å². The third kappa shape index (κ3) is 2.97. The maximum atomic E-state index is 5.77. The van der Waals surface area contributed by atoms with E-state index in [0.717, 1.165) is 0 Å². The van der Waals surface area contributed by atoms with Crippen molar-refractivity contribution < 1.29 is 0 Å². The van der Waals surface area contributed by atoms with Gasteiger partial charge in [-0.1, -0.05) is 0 Å². The minimum absolute atomic E-state index is 0.905. The summed E-state index contributed by atoms with van der Waals surface area (Å²) < 4.78 is 0. The molecular formula is CB14. The van der Waals surface area contributed by atoms with Gasteiger partial charge in [-0.25, -0.2) is 0 Å². The van der Waals surface area contributed by atoms with E-state index in [1.165, 1.54) is 0 Å². The monoisotopic (exact) mass is 166 g/mol. The molecule has 0 atom stereocenters. The van der Waals surface area contributed by atoms with Crippen LogP contribution in [0.25, 0.3) is 0 Å². The van der Waals surface area contributed by atoms with Crippen molar-refractivity contribution in [3.05, 3.63) is 0 Å². The largest absolute Gasteiger partial charge is 0.169 e. The van der Waals surface area contributed by atoms with E-state index in [-0.39, 0.29) is 0 Å². The van der Waals surface area contributed by atoms with Crippen LogP contribution in [0.5, 0.6) is 0 Å². The van der Waals surface area contributed by atoms with Gasteiger partial charge >= 0.3 is 0 Å². The molecule has 0 rings (SSSR count). The molecule has 0 aromatic carbocycles. The molecule has 0 unspecified atom stereocenters. The fourth-order valence-electron chi connectivity index (χ4n) is 1.67. The van der Waals surface area contributed by atoms with Gasteiger partial charge in [0.2, 0.25) is 0 Å². The second-order valence-electron chi connectivity index (χ2n) is 3.68. The second kappa shape index (κ2) is 6.01. The smallest absolute Gasteiger partial charge is 0.0243 e. The molecule has 0 aromatic heterocycles. The molecule has 0 saturated carbocycles. The Morgan fingerprint density at radius 2 is 0.800 bits per heavy atom. The molecule has 0 aliphatic rings. The summed E-state index contributed by atoms with van der Waals surface area (Å²) in [6.07, 6.45) is -0.927. The van der Waals surface area contributed by atoms with Gasteiger partial charge in [0.25, 0.3) is 0 Å². The predicted molar refractivity (Wildman–Crippen MR) is 83.2 cm³/mol. The van der Waals surface area contributed by atoms with E-state index in [1.807, 2.05) is 0 Å². The number of hydrogen-bond donors (Lipinski definition) is 0. The van der Waals surface area contributed by atoms with E-state index >= 15 is 0 Å². The fraction of sp³-hybridized carbons (Fsp3) is 1.00. The first-order valence-electron chi connectivity index (χ1n) is 4.49. The first-order valence-corrected chi connectivity index (χ1v) is 4.49. The van der Waals surface area contributed by atoms with Crippen molar-refractivity contribution in [1.29, 1.82) is 0 Å². The molecule has 0 heterocycles. The minimum atomic E-state index is -1.33. The molecule has 18 radical (unpaired) electrons. The van der Waals surface area contributed by atoms with Crippen molar-refractivity contribution in [2.45, 2.75) is 5.01 Å². The first-order chi connectivity index (χ1) is 6.68. The maximum Gasteiger partial charge on any atom is 0.0243 e. The lowest BCUT2D eigenvalue weighted by atomic mass is 8.62. The zero-order chi connectivity index (χ0) is 12.4. The van der Waals surface area contributed by atoms with Crippen molar-refractivity contribution >= 4 is 102 Å². The average Bonchev–Trinajstić information content (AvgIpc) is 2.02. The zero-order valence-corrected chi connectivity index (χ0v) is 8.58. The van der Waals surface area contributed by atoms with Crippen LogP contribution >= 0.6 is 0 Å². The van der Waals surface area contributed by atoms with Gasteiger partial charge in [0, 0.05) is 102 Å². The quantitative estimate of drug-likeness (QED) is 0.356. The zero-order valence-electron chi connectivity index (χ0n) is 8.58. The Bertz CT molecular complexity index is 158. The Morgan fingerprint density at radius 3 is 0.867 bits per heavy atom. The van der Waals surface area contributed by atoms with Crippen LogP contribution in [-0.2, 0) is 0 Å². The molecule has 0 fully saturated rings. The van der Waals surface area contributed by atoms with Crippen LogP contribution < -0.4 is 0 Å². The third-order valence-corrected chi connectivity index (χ3v) is 2.72. The minimum Gasteiger partial charge on any atom is -0.169 e. The molecule has 0 N–H and O–H groups in total. The molecule has 0 saturated heterocycles. The molecule has 0 aliphatic heterocycles. The van der Waals surface area contributed by atoms with Crippen LogP contribution in [-0.4, -0.2) is 102 Å².